The van der Waals surface area contributed by atoms with E-state index in [9.17, 15) is 14.9 Å². The Labute approximate surface area is 200 Å². The molecule has 3 amide bonds. The highest BCUT2D eigenvalue weighted by molar-refractivity contribution is 7.10. The number of thiazole rings is 1. The minimum Gasteiger partial charge on any atom is -0.447 e. The summed E-state index contributed by atoms with van der Waals surface area (Å²) in [5.74, 6) is 2.72. The molecule has 0 radical (unpaired) electrons. The molecule has 34 heavy (non-hydrogen) atoms. The molecule has 9 nitrogen and oxygen atoms in total. The number of carbonyl (C=O) groups is 2. The van der Waals surface area contributed by atoms with E-state index < -0.39 is 23.6 Å². The molecule has 0 saturated heterocycles. The smallest absolute Gasteiger partial charge is 0.404 e. The van der Waals surface area contributed by atoms with Crippen LogP contribution in [0.15, 0.2) is 48.0 Å². The Hall–Kier alpha value is -4.41. The maximum atomic E-state index is 12.5. The fraction of sp³-hybridized carbons (Fsp3) is 0.208. The van der Waals surface area contributed by atoms with Gasteiger partial charge in [-0.3, -0.25) is 10.3 Å². The van der Waals surface area contributed by atoms with Gasteiger partial charge in [-0.15, -0.1) is 17.8 Å². The van der Waals surface area contributed by atoms with Gasteiger partial charge in [0.1, 0.15) is 17.8 Å². The van der Waals surface area contributed by atoms with Crippen LogP contribution in [0.4, 0.5) is 15.4 Å². The van der Waals surface area contributed by atoms with Gasteiger partial charge in [0.25, 0.3) is 0 Å². The maximum absolute atomic E-state index is 12.5. The van der Waals surface area contributed by atoms with Gasteiger partial charge in [0.15, 0.2) is 5.01 Å². The van der Waals surface area contributed by atoms with Gasteiger partial charge in [0, 0.05) is 17.1 Å². The first-order chi connectivity index (χ1) is 16.4. The van der Waals surface area contributed by atoms with E-state index in [1.807, 2.05) is 36.4 Å². The lowest BCUT2D eigenvalue weighted by atomic mass is 9.93. The van der Waals surface area contributed by atoms with Crippen LogP contribution in [0.2, 0.25) is 0 Å². The Morgan fingerprint density at radius 3 is 2.68 bits per heavy atom. The summed E-state index contributed by atoms with van der Waals surface area (Å²) in [6.07, 6.45) is 7.63. The summed E-state index contributed by atoms with van der Waals surface area (Å²) >= 11 is 1.23. The van der Waals surface area contributed by atoms with E-state index in [0.29, 0.717) is 16.4 Å². The zero-order valence-electron chi connectivity index (χ0n) is 17.9. The maximum Gasteiger partial charge on any atom is 0.404 e. The fourth-order valence-corrected chi connectivity index (χ4v) is 4.09. The number of hydrogen-bond donors (Lipinski definition) is 3. The number of rotatable bonds is 7. The molecule has 3 aromatic rings. The average molecular weight is 473 g/mol. The number of benzene rings is 1. The van der Waals surface area contributed by atoms with E-state index in [4.69, 9.17) is 16.9 Å². The average Bonchev–Trinajstić information content (AvgIpc) is 3.53. The first kappa shape index (κ1) is 22.8. The lowest BCUT2D eigenvalue weighted by Gasteiger charge is -2.19. The number of terminal acetylenes is 1. The van der Waals surface area contributed by atoms with Crippen LogP contribution < -0.4 is 16.4 Å². The molecule has 1 unspecified atom stereocenters. The van der Waals surface area contributed by atoms with Crippen molar-refractivity contribution in [1.82, 2.24) is 15.3 Å². The number of anilines is 1. The van der Waals surface area contributed by atoms with Gasteiger partial charge < -0.3 is 15.8 Å². The summed E-state index contributed by atoms with van der Waals surface area (Å²) < 4.78 is 4.94. The summed E-state index contributed by atoms with van der Waals surface area (Å²) in [7, 11) is 0. The number of pyridine rings is 1. The standard InChI is InChI=1S/C24H20N6O3S/c1-2-20-29-19(13-34-20)30-23(32)28-18(12-33-22(26)31)16-7-5-15(6-8-16)17-4-3-11-27-21(17)24(14-25)9-10-24/h1,3-8,11,13,18H,9-10,12H2,(H2,26,31)(H2,28,30,32). The van der Waals surface area contributed by atoms with Gasteiger partial charge in [-0.1, -0.05) is 30.3 Å². The highest BCUT2D eigenvalue weighted by Gasteiger charge is 2.47. The summed E-state index contributed by atoms with van der Waals surface area (Å²) in [6, 6.07) is 12.3. The van der Waals surface area contributed by atoms with Crippen LogP contribution in [0.5, 0.6) is 0 Å². The molecule has 4 N–H and O–H groups in total. The Kier molecular flexibility index (Phi) is 6.44. The Bertz CT molecular complexity index is 1300. The summed E-state index contributed by atoms with van der Waals surface area (Å²) in [6.45, 7) is -0.162. The molecular weight excluding hydrogens is 452 g/mol. The predicted octanol–water partition coefficient (Wildman–Crippen LogP) is 3.70. The number of nitrogens with zero attached hydrogens (tertiary/aromatic N) is 3. The van der Waals surface area contributed by atoms with Crippen LogP contribution in [0, 0.1) is 23.7 Å². The molecule has 0 bridgehead atoms. The predicted molar refractivity (Wildman–Crippen MR) is 127 cm³/mol. The molecule has 170 valence electrons. The van der Waals surface area contributed by atoms with Crippen molar-refractivity contribution in [2.45, 2.75) is 24.3 Å². The number of hydrogen-bond acceptors (Lipinski definition) is 7. The van der Waals surface area contributed by atoms with Crippen molar-refractivity contribution in [2.75, 3.05) is 11.9 Å². The summed E-state index contributed by atoms with van der Waals surface area (Å²) in [5, 5.41) is 17.0. The largest absolute Gasteiger partial charge is 0.447 e. The third-order valence-electron chi connectivity index (χ3n) is 5.42. The lowest BCUT2D eigenvalue weighted by molar-refractivity contribution is 0.144. The first-order valence-corrected chi connectivity index (χ1v) is 11.2. The monoisotopic (exact) mass is 472 g/mol. The normalized spacial score (nSPS) is 14.2. The molecule has 1 fully saturated rings. The molecule has 0 spiro atoms. The van der Waals surface area contributed by atoms with Crippen LogP contribution >= 0.6 is 11.3 Å². The van der Waals surface area contributed by atoms with E-state index >= 15 is 0 Å². The second-order valence-electron chi connectivity index (χ2n) is 7.68. The number of carbonyl (C=O) groups excluding carboxylic acids is 2. The van der Waals surface area contributed by atoms with Crippen LogP contribution in [0.3, 0.4) is 0 Å². The lowest BCUT2D eigenvalue weighted by Crippen LogP contribution is -2.36. The molecule has 2 heterocycles. The number of ether oxygens (including phenoxy) is 1. The highest BCUT2D eigenvalue weighted by atomic mass is 32.1. The third-order valence-corrected chi connectivity index (χ3v) is 6.19. The van der Waals surface area contributed by atoms with Crippen molar-refractivity contribution in [1.29, 1.82) is 5.26 Å². The Morgan fingerprint density at radius 1 is 1.29 bits per heavy atom. The van der Waals surface area contributed by atoms with Crippen molar-refractivity contribution in [2.24, 2.45) is 5.73 Å². The van der Waals surface area contributed by atoms with Crippen molar-refractivity contribution in [3.05, 3.63) is 64.2 Å². The summed E-state index contributed by atoms with van der Waals surface area (Å²) in [4.78, 5) is 32.2. The molecule has 1 aliphatic rings. The topological polar surface area (TPSA) is 143 Å². The van der Waals surface area contributed by atoms with Gasteiger partial charge in [0.05, 0.1) is 17.8 Å². The van der Waals surface area contributed by atoms with Gasteiger partial charge >= 0.3 is 12.1 Å². The highest BCUT2D eigenvalue weighted by Crippen LogP contribution is 2.49. The second kappa shape index (κ2) is 9.61. The minimum atomic E-state index is -0.951. The molecular formula is C24H20N6O3S. The molecule has 1 atom stereocenters. The molecule has 10 heteroatoms. The van der Waals surface area contributed by atoms with Gasteiger partial charge in [-0.25, -0.2) is 14.6 Å². The molecule has 2 aromatic heterocycles. The van der Waals surface area contributed by atoms with Crippen LogP contribution in [-0.4, -0.2) is 28.7 Å². The number of urea groups is 1. The van der Waals surface area contributed by atoms with E-state index in [-0.39, 0.29) is 6.61 Å². The molecule has 1 aromatic carbocycles. The molecule has 4 rings (SSSR count). The van der Waals surface area contributed by atoms with Gasteiger partial charge in [0.2, 0.25) is 0 Å². The molecule has 1 saturated carbocycles. The van der Waals surface area contributed by atoms with Crippen molar-refractivity contribution in [3.63, 3.8) is 0 Å². The van der Waals surface area contributed by atoms with Gasteiger partial charge in [-0.05, 0) is 36.0 Å². The van der Waals surface area contributed by atoms with Crippen LogP contribution in [0.25, 0.3) is 11.1 Å². The summed E-state index contributed by atoms with van der Waals surface area (Å²) in [5.41, 5.74) is 7.82. The second-order valence-corrected chi connectivity index (χ2v) is 8.54. The number of nitrogens with two attached hydrogens (primary N) is 1. The molecule has 1 aliphatic carbocycles. The van der Waals surface area contributed by atoms with Crippen molar-refractivity contribution < 1.29 is 14.3 Å². The number of primary amides is 1. The number of nitrogens with one attached hydrogen (secondary N) is 2. The van der Waals surface area contributed by atoms with Crippen molar-refractivity contribution >= 4 is 29.3 Å². The van der Waals surface area contributed by atoms with E-state index in [0.717, 1.165) is 29.7 Å². The van der Waals surface area contributed by atoms with Crippen molar-refractivity contribution in [3.8, 4) is 29.5 Å². The minimum absolute atomic E-state index is 0.162. The van der Waals surface area contributed by atoms with E-state index in [2.05, 4.69) is 32.6 Å². The van der Waals surface area contributed by atoms with E-state index in [1.54, 1.807) is 11.6 Å². The van der Waals surface area contributed by atoms with Gasteiger partial charge in [-0.2, -0.15) is 5.26 Å². The number of amides is 3. The number of aromatic nitrogens is 2. The molecule has 0 aliphatic heterocycles. The van der Waals surface area contributed by atoms with Crippen LogP contribution in [-0.2, 0) is 10.2 Å². The Morgan fingerprint density at radius 2 is 2.06 bits per heavy atom. The first-order valence-electron chi connectivity index (χ1n) is 10.3. The Balaban J connectivity index is 1.54. The zero-order chi connectivity index (χ0) is 24.1. The fourth-order valence-electron chi connectivity index (χ4n) is 3.54. The van der Waals surface area contributed by atoms with E-state index in [1.165, 1.54) is 11.3 Å². The zero-order valence-corrected chi connectivity index (χ0v) is 18.8. The van der Waals surface area contributed by atoms with Crippen LogP contribution in [0.1, 0.15) is 35.1 Å². The number of nitriles is 1. The quantitative estimate of drug-likeness (QED) is 0.448. The third kappa shape index (κ3) is 4.98. The SMILES string of the molecule is C#Cc1nc(NC(=O)NC(COC(N)=O)c2ccc(-c3cccnc3C3(C#N)CC3)cc2)cs1.